The first kappa shape index (κ1) is 30.8. The summed E-state index contributed by atoms with van der Waals surface area (Å²) in [6, 6.07) is 10.3. The number of aliphatic carboxylic acids is 1. The highest BCUT2D eigenvalue weighted by Crippen LogP contribution is 2.20. The summed E-state index contributed by atoms with van der Waals surface area (Å²) < 4.78 is 29.1. The topological polar surface area (TPSA) is 186 Å². The molecule has 1 heterocycles. The highest BCUT2D eigenvalue weighted by Gasteiger charge is 2.32. The molecule has 13 heteroatoms. The normalized spacial score (nSPS) is 15.0. The Hall–Kier alpha value is -3.71. The van der Waals surface area contributed by atoms with Crippen molar-refractivity contribution in [1.29, 1.82) is 5.41 Å². The van der Waals surface area contributed by atoms with Gasteiger partial charge in [-0.2, -0.15) is 4.72 Å². The summed E-state index contributed by atoms with van der Waals surface area (Å²) in [4.78, 5) is 40.6. The Labute approximate surface area is 234 Å². The van der Waals surface area contributed by atoms with Crippen LogP contribution in [0.5, 0.6) is 0 Å². The van der Waals surface area contributed by atoms with Gasteiger partial charge in [-0.1, -0.05) is 43.7 Å². The van der Waals surface area contributed by atoms with Crippen molar-refractivity contribution in [2.75, 3.05) is 32.7 Å². The van der Waals surface area contributed by atoms with Gasteiger partial charge >= 0.3 is 5.97 Å². The van der Waals surface area contributed by atoms with Crippen molar-refractivity contribution in [3.63, 3.8) is 0 Å². The van der Waals surface area contributed by atoms with E-state index in [1.807, 2.05) is 19.1 Å². The summed E-state index contributed by atoms with van der Waals surface area (Å²) in [6.45, 7) is 2.93. The highest BCUT2D eigenvalue weighted by atomic mass is 32.2. The van der Waals surface area contributed by atoms with E-state index in [0.29, 0.717) is 37.9 Å². The fourth-order valence-electron chi connectivity index (χ4n) is 4.66. The summed E-state index contributed by atoms with van der Waals surface area (Å²) in [5, 5.41) is 21.2. The molecule has 1 fully saturated rings. The molecule has 1 atom stereocenters. The number of amides is 2. The molecule has 0 aromatic heterocycles. The first-order valence-corrected chi connectivity index (χ1v) is 14.9. The van der Waals surface area contributed by atoms with Gasteiger partial charge in [0.15, 0.2) is 5.96 Å². The van der Waals surface area contributed by atoms with Crippen molar-refractivity contribution in [2.45, 2.75) is 50.0 Å². The Kier molecular flexibility index (Phi) is 10.8. The van der Waals surface area contributed by atoms with Gasteiger partial charge in [0.25, 0.3) is 0 Å². The van der Waals surface area contributed by atoms with E-state index < -0.39 is 46.8 Å². The molecule has 40 heavy (non-hydrogen) atoms. The van der Waals surface area contributed by atoms with Gasteiger partial charge in [-0.15, -0.1) is 0 Å². The third-order valence-electron chi connectivity index (χ3n) is 6.98. The number of unbranched alkanes of at least 4 members (excludes halogenated alkanes) is 1. The van der Waals surface area contributed by atoms with Crippen LogP contribution in [0.15, 0.2) is 47.4 Å². The Morgan fingerprint density at radius 3 is 2.45 bits per heavy atom. The smallest absolute Gasteiger partial charge is 0.323 e. The van der Waals surface area contributed by atoms with Crippen molar-refractivity contribution in [2.24, 2.45) is 11.7 Å². The molecule has 0 saturated carbocycles. The van der Waals surface area contributed by atoms with E-state index in [1.165, 1.54) is 12.1 Å². The van der Waals surface area contributed by atoms with Crippen LogP contribution in [0.2, 0.25) is 0 Å². The summed E-state index contributed by atoms with van der Waals surface area (Å²) in [5.74, 6) is -2.38. The molecular weight excluding hydrogens is 536 g/mol. The molecule has 1 saturated heterocycles. The molecule has 2 amide bonds. The number of sulfonamides is 1. The minimum Gasteiger partial charge on any atom is -0.480 e. The number of carboxylic acid groups (broad SMARTS) is 1. The Morgan fingerprint density at radius 2 is 1.82 bits per heavy atom. The lowest BCUT2D eigenvalue weighted by atomic mass is 9.97. The van der Waals surface area contributed by atoms with Crippen LogP contribution in [0, 0.1) is 11.3 Å². The van der Waals surface area contributed by atoms with E-state index >= 15 is 0 Å². The number of benzene rings is 2. The number of fused-ring (bicyclic) bond motifs is 1. The Morgan fingerprint density at radius 1 is 1.15 bits per heavy atom. The van der Waals surface area contributed by atoms with Crippen LogP contribution in [-0.4, -0.2) is 85.8 Å². The SMILES string of the molecule is CCCCN(CC(=O)O)C(=O)[C@H](CC(=O)NCC1CCN(C(=N)N)CC1)NS(=O)(=O)c1ccc2ccccc2c1. The molecule has 218 valence electrons. The average molecular weight is 575 g/mol. The maximum Gasteiger partial charge on any atom is 0.323 e. The first-order chi connectivity index (χ1) is 19.0. The number of carboxylic acids is 1. The van der Waals surface area contributed by atoms with Crippen LogP contribution in [0.25, 0.3) is 10.8 Å². The molecule has 0 radical (unpaired) electrons. The molecule has 2 aromatic rings. The second-order valence-corrected chi connectivity index (χ2v) is 11.7. The van der Waals surface area contributed by atoms with Crippen LogP contribution in [0.1, 0.15) is 39.0 Å². The molecule has 0 unspecified atom stereocenters. The number of carbonyl (C=O) groups is 3. The number of hydrogen-bond donors (Lipinski definition) is 5. The standard InChI is InChI=1S/C27H38N6O6S/c1-2-3-12-33(18-25(35)36)26(37)23(16-24(34)30-17-19-10-13-32(14-11-19)27(28)29)31-40(38,39)22-9-8-20-6-4-5-7-21(20)15-22/h4-9,15,19,23,31H,2-3,10-14,16-18H2,1H3,(H3,28,29)(H,30,34)(H,35,36)/t23-/m0/s1. The number of nitrogens with two attached hydrogens (primary N) is 1. The van der Waals surface area contributed by atoms with Crippen molar-refractivity contribution in [3.8, 4) is 0 Å². The summed E-state index contributed by atoms with van der Waals surface area (Å²) >= 11 is 0. The van der Waals surface area contributed by atoms with E-state index in [4.69, 9.17) is 11.1 Å². The number of carbonyl (C=O) groups excluding carboxylic acids is 2. The number of nitrogens with zero attached hydrogens (tertiary/aromatic N) is 2. The summed E-state index contributed by atoms with van der Waals surface area (Å²) in [6.07, 6.45) is 2.18. The number of piperidine rings is 1. The van der Waals surface area contributed by atoms with Gasteiger partial charge in [0.2, 0.25) is 21.8 Å². The highest BCUT2D eigenvalue weighted by molar-refractivity contribution is 7.89. The number of guanidine groups is 1. The lowest BCUT2D eigenvalue weighted by molar-refractivity contribution is -0.145. The van der Waals surface area contributed by atoms with Crippen LogP contribution in [-0.2, 0) is 24.4 Å². The van der Waals surface area contributed by atoms with Crippen LogP contribution >= 0.6 is 0 Å². The summed E-state index contributed by atoms with van der Waals surface area (Å²) in [7, 11) is -4.24. The second kappa shape index (κ2) is 14.1. The van der Waals surface area contributed by atoms with Crippen molar-refractivity contribution in [3.05, 3.63) is 42.5 Å². The van der Waals surface area contributed by atoms with Crippen LogP contribution in [0.3, 0.4) is 0 Å². The third kappa shape index (κ3) is 8.65. The fourth-order valence-corrected chi connectivity index (χ4v) is 5.89. The van der Waals surface area contributed by atoms with Crippen LogP contribution in [0.4, 0.5) is 0 Å². The maximum absolute atomic E-state index is 13.5. The minimum atomic E-state index is -4.24. The molecule has 0 spiro atoms. The second-order valence-electron chi connectivity index (χ2n) is 10.0. The molecule has 0 bridgehead atoms. The van der Waals surface area contributed by atoms with E-state index in [1.54, 1.807) is 23.1 Å². The first-order valence-electron chi connectivity index (χ1n) is 13.4. The van der Waals surface area contributed by atoms with E-state index in [2.05, 4.69) is 10.0 Å². The van der Waals surface area contributed by atoms with Gasteiger partial charge in [0.1, 0.15) is 12.6 Å². The van der Waals surface area contributed by atoms with Gasteiger partial charge in [0, 0.05) is 26.2 Å². The number of hydrogen-bond acceptors (Lipinski definition) is 6. The zero-order valence-corrected chi connectivity index (χ0v) is 23.5. The molecular formula is C27H38N6O6S. The largest absolute Gasteiger partial charge is 0.480 e. The molecule has 3 rings (SSSR count). The molecule has 1 aliphatic rings. The fraction of sp³-hybridized carbons (Fsp3) is 0.481. The number of rotatable bonds is 13. The van der Waals surface area contributed by atoms with Gasteiger partial charge in [-0.3, -0.25) is 19.8 Å². The van der Waals surface area contributed by atoms with Gasteiger partial charge in [-0.05, 0) is 48.1 Å². The lowest BCUT2D eigenvalue weighted by Gasteiger charge is -2.32. The average Bonchev–Trinajstić information content (AvgIpc) is 2.93. The number of likely N-dealkylation sites (tertiary alicyclic amines) is 1. The zero-order chi connectivity index (χ0) is 29.3. The van der Waals surface area contributed by atoms with Crippen molar-refractivity contribution >= 4 is 44.5 Å². The van der Waals surface area contributed by atoms with Gasteiger partial charge in [0.05, 0.1) is 11.3 Å². The molecule has 6 N–H and O–H groups in total. The van der Waals surface area contributed by atoms with E-state index in [9.17, 15) is 27.9 Å². The summed E-state index contributed by atoms with van der Waals surface area (Å²) in [5.41, 5.74) is 5.53. The third-order valence-corrected chi connectivity index (χ3v) is 8.45. The Bertz CT molecular complexity index is 1330. The van der Waals surface area contributed by atoms with Crippen LogP contribution < -0.4 is 15.8 Å². The molecule has 0 aliphatic carbocycles. The minimum absolute atomic E-state index is 0.0107. The quantitative estimate of drug-likeness (QED) is 0.175. The van der Waals surface area contributed by atoms with Gasteiger partial charge < -0.3 is 26.0 Å². The van der Waals surface area contributed by atoms with Crippen molar-refractivity contribution in [1.82, 2.24) is 19.8 Å². The zero-order valence-electron chi connectivity index (χ0n) is 22.6. The molecule has 2 aromatic carbocycles. The van der Waals surface area contributed by atoms with Gasteiger partial charge in [-0.25, -0.2) is 8.42 Å². The molecule has 1 aliphatic heterocycles. The van der Waals surface area contributed by atoms with E-state index in [-0.39, 0.29) is 23.3 Å². The molecule has 12 nitrogen and oxygen atoms in total. The Balaban J connectivity index is 1.77. The lowest BCUT2D eigenvalue weighted by Crippen LogP contribution is -2.52. The maximum atomic E-state index is 13.5. The predicted octanol–water partition coefficient (Wildman–Crippen LogP) is 1.31. The number of nitrogens with one attached hydrogen (secondary N) is 3. The van der Waals surface area contributed by atoms with Crippen molar-refractivity contribution < 1.29 is 27.9 Å². The predicted molar refractivity (Wildman–Crippen MR) is 151 cm³/mol. The van der Waals surface area contributed by atoms with E-state index in [0.717, 1.165) is 23.1 Å². The monoisotopic (exact) mass is 574 g/mol.